The molecule has 2 rings (SSSR count). The van der Waals surface area contributed by atoms with Crippen molar-refractivity contribution in [2.75, 3.05) is 33.4 Å². The Labute approximate surface area is 117 Å². The highest BCUT2D eigenvalue weighted by molar-refractivity contribution is 5.94. The van der Waals surface area contributed by atoms with E-state index in [4.69, 9.17) is 4.74 Å². The van der Waals surface area contributed by atoms with Gasteiger partial charge in [-0.05, 0) is 17.7 Å². The molecule has 0 saturated carbocycles. The summed E-state index contributed by atoms with van der Waals surface area (Å²) in [6.07, 6.45) is -0.474. The molecule has 0 radical (unpaired) electrons. The monoisotopic (exact) mass is 278 g/mol. The van der Waals surface area contributed by atoms with E-state index in [1.165, 1.54) is 7.11 Å². The van der Waals surface area contributed by atoms with Crippen LogP contribution >= 0.6 is 0 Å². The van der Waals surface area contributed by atoms with Gasteiger partial charge in [-0.25, -0.2) is 4.79 Å². The molecule has 6 nitrogen and oxygen atoms in total. The number of hydrogen-bond donors (Lipinski definition) is 1. The normalized spacial score (nSPS) is 14.8. The van der Waals surface area contributed by atoms with Gasteiger partial charge in [-0.2, -0.15) is 0 Å². The van der Waals surface area contributed by atoms with E-state index in [9.17, 15) is 9.59 Å². The maximum absolute atomic E-state index is 12.2. The second-order valence-electron chi connectivity index (χ2n) is 4.45. The molecule has 1 N–H and O–H groups in total. The Morgan fingerprint density at radius 2 is 1.90 bits per heavy atom. The van der Waals surface area contributed by atoms with Gasteiger partial charge in [0, 0.05) is 25.2 Å². The number of morpholine rings is 1. The van der Waals surface area contributed by atoms with Crippen molar-refractivity contribution in [1.82, 2.24) is 10.2 Å². The minimum absolute atomic E-state index is 0.0146. The zero-order valence-electron chi connectivity index (χ0n) is 11.4. The molecule has 108 valence electrons. The van der Waals surface area contributed by atoms with Crippen LogP contribution in [-0.4, -0.2) is 50.3 Å². The van der Waals surface area contributed by atoms with Crippen LogP contribution in [0.2, 0.25) is 0 Å². The fourth-order valence-electron chi connectivity index (χ4n) is 1.96. The molecule has 1 aromatic rings. The third-order valence-electron chi connectivity index (χ3n) is 3.12. The number of nitrogens with zero attached hydrogens (tertiary/aromatic N) is 1. The predicted molar refractivity (Wildman–Crippen MR) is 72.4 cm³/mol. The van der Waals surface area contributed by atoms with Gasteiger partial charge in [0.2, 0.25) is 0 Å². The Hall–Kier alpha value is -2.08. The standard InChI is InChI=1S/C14H18N2O4/c1-19-14(18)15-10-11-2-4-12(5-3-11)13(17)16-6-8-20-9-7-16/h2-5H,6-10H2,1H3,(H,15,18). The molecule has 1 aliphatic rings. The van der Waals surface area contributed by atoms with Crippen molar-refractivity contribution >= 4 is 12.0 Å². The van der Waals surface area contributed by atoms with Crippen molar-refractivity contribution in [3.63, 3.8) is 0 Å². The molecular weight excluding hydrogens is 260 g/mol. The average molecular weight is 278 g/mol. The fourth-order valence-corrected chi connectivity index (χ4v) is 1.96. The first-order valence-electron chi connectivity index (χ1n) is 6.48. The number of benzene rings is 1. The lowest BCUT2D eigenvalue weighted by Crippen LogP contribution is -2.40. The Morgan fingerprint density at radius 1 is 1.25 bits per heavy atom. The van der Waals surface area contributed by atoms with E-state index in [0.717, 1.165) is 5.56 Å². The van der Waals surface area contributed by atoms with E-state index in [1.54, 1.807) is 17.0 Å². The van der Waals surface area contributed by atoms with Crippen molar-refractivity contribution in [1.29, 1.82) is 0 Å². The van der Waals surface area contributed by atoms with E-state index >= 15 is 0 Å². The maximum atomic E-state index is 12.2. The first kappa shape index (κ1) is 14.3. The summed E-state index contributed by atoms with van der Waals surface area (Å²) in [5.74, 6) is 0.0146. The highest BCUT2D eigenvalue weighted by Gasteiger charge is 2.18. The molecule has 2 amide bonds. The summed E-state index contributed by atoms with van der Waals surface area (Å²) < 4.78 is 9.71. The van der Waals surface area contributed by atoms with Gasteiger partial charge in [0.1, 0.15) is 0 Å². The summed E-state index contributed by atoms with van der Waals surface area (Å²) in [6.45, 7) is 2.81. The van der Waals surface area contributed by atoms with E-state index in [1.807, 2.05) is 12.1 Å². The molecule has 1 fully saturated rings. The summed E-state index contributed by atoms with van der Waals surface area (Å²) in [5, 5.41) is 2.59. The number of nitrogens with one attached hydrogen (secondary N) is 1. The maximum Gasteiger partial charge on any atom is 0.407 e. The van der Waals surface area contributed by atoms with Gasteiger partial charge >= 0.3 is 6.09 Å². The zero-order chi connectivity index (χ0) is 14.4. The quantitative estimate of drug-likeness (QED) is 0.896. The van der Waals surface area contributed by atoms with Crippen LogP contribution in [0.25, 0.3) is 0 Å². The van der Waals surface area contributed by atoms with E-state index in [-0.39, 0.29) is 5.91 Å². The van der Waals surface area contributed by atoms with Crippen molar-refractivity contribution < 1.29 is 19.1 Å². The highest BCUT2D eigenvalue weighted by Crippen LogP contribution is 2.09. The van der Waals surface area contributed by atoms with Crippen molar-refractivity contribution in [2.24, 2.45) is 0 Å². The number of amides is 2. The second kappa shape index (κ2) is 6.91. The van der Waals surface area contributed by atoms with Gasteiger partial charge in [0.05, 0.1) is 20.3 Å². The minimum Gasteiger partial charge on any atom is -0.453 e. The molecule has 0 bridgehead atoms. The molecule has 0 atom stereocenters. The molecule has 0 spiro atoms. The highest BCUT2D eigenvalue weighted by atomic mass is 16.5. The van der Waals surface area contributed by atoms with Crippen molar-refractivity contribution in [3.05, 3.63) is 35.4 Å². The molecule has 1 aliphatic heterocycles. The lowest BCUT2D eigenvalue weighted by molar-refractivity contribution is 0.0303. The number of hydrogen-bond acceptors (Lipinski definition) is 4. The van der Waals surface area contributed by atoms with Gasteiger partial charge in [0.25, 0.3) is 5.91 Å². The van der Waals surface area contributed by atoms with Crippen LogP contribution < -0.4 is 5.32 Å². The number of alkyl carbamates (subject to hydrolysis) is 1. The Kier molecular flexibility index (Phi) is 4.95. The first-order valence-corrected chi connectivity index (χ1v) is 6.48. The largest absolute Gasteiger partial charge is 0.453 e. The lowest BCUT2D eigenvalue weighted by atomic mass is 10.1. The molecule has 1 aromatic carbocycles. The summed E-state index contributed by atoms with van der Waals surface area (Å²) >= 11 is 0. The SMILES string of the molecule is COC(=O)NCc1ccc(C(=O)N2CCOCC2)cc1. The van der Waals surface area contributed by atoms with Crippen LogP contribution in [0.1, 0.15) is 15.9 Å². The average Bonchev–Trinajstić information content (AvgIpc) is 2.53. The molecule has 0 aromatic heterocycles. The topological polar surface area (TPSA) is 67.9 Å². The molecule has 1 heterocycles. The molecule has 0 unspecified atom stereocenters. The third-order valence-corrected chi connectivity index (χ3v) is 3.12. The Bertz CT molecular complexity index is 467. The summed E-state index contributed by atoms with van der Waals surface area (Å²) in [6, 6.07) is 7.19. The van der Waals surface area contributed by atoms with Crippen LogP contribution in [-0.2, 0) is 16.0 Å². The number of carbonyl (C=O) groups excluding carboxylic acids is 2. The predicted octanol–water partition coefficient (Wildman–Crippen LogP) is 1.01. The van der Waals surface area contributed by atoms with Crippen molar-refractivity contribution in [3.8, 4) is 0 Å². The van der Waals surface area contributed by atoms with Crippen LogP contribution in [0.15, 0.2) is 24.3 Å². The van der Waals surface area contributed by atoms with Gasteiger partial charge in [-0.1, -0.05) is 12.1 Å². The molecule has 1 saturated heterocycles. The molecule has 20 heavy (non-hydrogen) atoms. The second-order valence-corrected chi connectivity index (χ2v) is 4.45. The van der Waals surface area contributed by atoms with Crippen LogP contribution in [0.4, 0.5) is 4.79 Å². The number of rotatable bonds is 3. The first-order chi connectivity index (χ1) is 9.70. The number of carbonyl (C=O) groups is 2. The van der Waals surface area contributed by atoms with E-state index in [2.05, 4.69) is 10.1 Å². The smallest absolute Gasteiger partial charge is 0.407 e. The fraction of sp³-hybridized carbons (Fsp3) is 0.429. The lowest BCUT2D eigenvalue weighted by Gasteiger charge is -2.26. The van der Waals surface area contributed by atoms with Gasteiger partial charge in [0.15, 0.2) is 0 Å². The molecular formula is C14H18N2O4. The molecule has 6 heteroatoms. The third kappa shape index (κ3) is 3.71. The van der Waals surface area contributed by atoms with Crippen molar-refractivity contribution in [2.45, 2.75) is 6.54 Å². The number of methoxy groups -OCH3 is 1. The Morgan fingerprint density at radius 3 is 2.50 bits per heavy atom. The molecule has 0 aliphatic carbocycles. The minimum atomic E-state index is -0.474. The Balaban J connectivity index is 1.93. The van der Waals surface area contributed by atoms with E-state index in [0.29, 0.717) is 38.4 Å². The number of ether oxygens (including phenoxy) is 2. The van der Waals surface area contributed by atoms with E-state index < -0.39 is 6.09 Å². The van der Waals surface area contributed by atoms with Gasteiger partial charge < -0.3 is 19.7 Å². The van der Waals surface area contributed by atoms with Gasteiger partial charge in [-0.15, -0.1) is 0 Å². The van der Waals surface area contributed by atoms with Crippen LogP contribution in [0, 0.1) is 0 Å². The van der Waals surface area contributed by atoms with Crippen LogP contribution in [0.3, 0.4) is 0 Å². The zero-order valence-corrected chi connectivity index (χ0v) is 11.4. The summed E-state index contributed by atoms with van der Waals surface area (Å²) in [5.41, 5.74) is 1.56. The van der Waals surface area contributed by atoms with Crippen LogP contribution in [0.5, 0.6) is 0 Å². The summed E-state index contributed by atoms with van der Waals surface area (Å²) in [7, 11) is 1.32. The summed E-state index contributed by atoms with van der Waals surface area (Å²) in [4.78, 5) is 24.9. The van der Waals surface area contributed by atoms with Gasteiger partial charge in [-0.3, -0.25) is 4.79 Å².